The van der Waals surface area contributed by atoms with Gasteiger partial charge in [-0.1, -0.05) is 12.8 Å². The highest BCUT2D eigenvalue weighted by Gasteiger charge is 2.25. The monoisotopic (exact) mass is 311 g/mol. The van der Waals surface area contributed by atoms with E-state index in [0.29, 0.717) is 29.2 Å². The average Bonchev–Trinajstić information content (AvgIpc) is 2.46. The number of rotatable bonds is 6. The first-order valence-corrected chi connectivity index (χ1v) is 8.81. The Morgan fingerprint density at radius 2 is 1.86 bits per heavy atom. The van der Waals surface area contributed by atoms with Gasteiger partial charge in [0.15, 0.2) is 0 Å². The van der Waals surface area contributed by atoms with E-state index in [-0.39, 0.29) is 6.10 Å². The summed E-state index contributed by atoms with van der Waals surface area (Å²) in [5, 5.41) is 7.04. The van der Waals surface area contributed by atoms with Crippen LogP contribution in [0.4, 0.5) is 11.9 Å². The summed E-state index contributed by atoms with van der Waals surface area (Å²) in [6.45, 7) is 3.92. The van der Waals surface area contributed by atoms with Crippen LogP contribution in [-0.2, 0) is 0 Å². The smallest absolute Gasteiger partial charge is 0.323 e. The Hall–Kier alpha value is -1.24. The van der Waals surface area contributed by atoms with E-state index in [0.717, 1.165) is 6.42 Å². The fourth-order valence-electron chi connectivity index (χ4n) is 2.51. The second kappa shape index (κ2) is 7.68. The van der Waals surface area contributed by atoms with Gasteiger partial charge in [-0.2, -0.15) is 26.7 Å². The number of hydrogen-bond acceptors (Lipinski definition) is 7. The lowest BCUT2D eigenvalue weighted by Gasteiger charge is -2.30. The fraction of sp³-hybridized carbons (Fsp3) is 0.786. The Kier molecular flexibility index (Phi) is 5.90. The van der Waals surface area contributed by atoms with Crippen molar-refractivity contribution in [3.63, 3.8) is 0 Å². The van der Waals surface area contributed by atoms with Crippen LogP contribution in [0.3, 0.4) is 0 Å². The van der Waals surface area contributed by atoms with Gasteiger partial charge in [0.2, 0.25) is 11.9 Å². The third-order valence-corrected chi connectivity index (χ3v) is 4.67. The molecule has 1 saturated carbocycles. The molecular formula is C14H25N5OS. The molecule has 0 spiro atoms. The minimum atomic E-state index is 0.0404. The van der Waals surface area contributed by atoms with E-state index in [1.807, 2.05) is 25.6 Å². The summed E-state index contributed by atoms with van der Waals surface area (Å²) in [4.78, 5) is 13.0. The predicted octanol–water partition coefficient (Wildman–Crippen LogP) is 2.79. The Morgan fingerprint density at radius 1 is 1.14 bits per heavy atom. The lowest BCUT2D eigenvalue weighted by molar-refractivity contribution is 0.222. The lowest BCUT2D eigenvalue weighted by Crippen LogP contribution is -2.35. The molecule has 7 heteroatoms. The molecule has 0 bridgehead atoms. The molecule has 0 aromatic carbocycles. The molecule has 2 rings (SSSR count). The molecule has 2 unspecified atom stereocenters. The van der Waals surface area contributed by atoms with Crippen molar-refractivity contribution in [3.8, 4) is 6.01 Å². The molecule has 0 aliphatic heterocycles. The molecule has 1 heterocycles. The molecule has 1 aliphatic carbocycles. The van der Waals surface area contributed by atoms with E-state index in [1.165, 1.54) is 19.3 Å². The summed E-state index contributed by atoms with van der Waals surface area (Å²) < 4.78 is 5.59. The largest absolute Gasteiger partial charge is 0.461 e. The summed E-state index contributed by atoms with van der Waals surface area (Å²) in [6.07, 6.45) is 7.19. The van der Waals surface area contributed by atoms with Crippen LogP contribution in [0.1, 0.15) is 39.5 Å². The Labute approximate surface area is 130 Å². The maximum Gasteiger partial charge on any atom is 0.323 e. The van der Waals surface area contributed by atoms with Crippen molar-refractivity contribution < 1.29 is 4.74 Å². The van der Waals surface area contributed by atoms with E-state index in [2.05, 4.69) is 31.8 Å². The zero-order valence-electron chi connectivity index (χ0n) is 13.2. The van der Waals surface area contributed by atoms with Crippen LogP contribution < -0.4 is 15.4 Å². The van der Waals surface area contributed by atoms with E-state index in [4.69, 9.17) is 4.74 Å². The zero-order valence-corrected chi connectivity index (χ0v) is 14.0. The van der Waals surface area contributed by atoms with Gasteiger partial charge in [0.25, 0.3) is 0 Å². The standard InChI is InChI=1S/C14H25N5OS/c1-9(2)20-14-18-12(15-3)17-13(19-14)16-10-7-5-6-8-11(10)21-4/h9-11H,5-8H2,1-4H3,(H2,15,16,17,18,19). The fourth-order valence-corrected chi connectivity index (χ4v) is 3.44. The maximum absolute atomic E-state index is 5.59. The van der Waals surface area contributed by atoms with Gasteiger partial charge in [-0.3, -0.25) is 0 Å². The number of nitrogens with one attached hydrogen (secondary N) is 2. The zero-order chi connectivity index (χ0) is 15.2. The maximum atomic E-state index is 5.59. The first-order valence-electron chi connectivity index (χ1n) is 7.52. The Balaban J connectivity index is 2.13. The van der Waals surface area contributed by atoms with Gasteiger partial charge in [-0.15, -0.1) is 0 Å². The molecule has 0 amide bonds. The summed E-state index contributed by atoms with van der Waals surface area (Å²) in [5.41, 5.74) is 0. The van der Waals surface area contributed by atoms with Crippen LogP contribution >= 0.6 is 11.8 Å². The van der Waals surface area contributed by atoms with Crippen molar-refractivity contribution in [2.24, 2.45) is 0 Å². The van der Waals surface area contributed by atoms with Crippen molar-refractivity contribution >= 4 is 23.7 Å². The Morgan fingerprint density at radius 3 is 2.52 bits per heavy atom. The molecule has 1 aromatic rings. The summed E-state index contributed by atoms with van der Waals surface area (Å²) in [5.74, 6) is 1.12. The van der Waals surface area contributed by atoms with E-state index in [1.54, 1.807) is 7.05 Å². The van der Waals surface area contributed by atoms with Crippen LogP contribution in [0.5, 0.6) is 6.01 Å². The molecule has 2 N–H and O–H groups in total. The molecule has 0 radical (unpaired) electrons. The van der Waals surface area contributed by atoms with Gasteiger partial charge in [0, 0.05) is 18.3 Å². The number of nitrogens with zero attached hydrogens (tertiary/aromatic N) is 3. The highest BCUT2D eigenvalue weighted by Crippen LogP contribution is 2.29. The minimum Gasteiger partial charge on any atom is -0.461 e. The minimum absolute atomic E-state index is 0.0404. The Bertz CT molecular complexity index is 457. The van der Waals surface area contributed by atoms with Crippen LogP contribution in [0.15, 0.2) is 0 Å². The van der Waals surface area contributed by atoms with Gasteiger partial charge < -0.3 is 15.4 Å². The molecule has 1 aromatic heterocycles. The van der Waals surface area contributed by atoms with Crippen molar-refractivity contribution in [1.29, 1.82) is 0 Å². The van der Waals surface area contributed by atoms with Crippen molar-refractivity contribution in [2.75, 3.05) is 23.9 Å². The predicted molar refractivity (Wildman–Crippen MR) is 88.3 cm³/mol. The van der Waals surface area contributed by atoms with Gasteiger partial charge in [0.1, 0.15) is 0 Å². The molecule has 1 fully saturated rings. The molecule has 2 atom stereocenters. The van der Waals surface area contributed by atoms with Gasteiger partial charge in [-0.05, 0) is 32.9 Å². The van der Waals surface area contributed by atoms with Gasteiger partial charge >= 0.3 is 6.01 Å². The molecular weight excluding hydrogens is 286 g/mol. The van der Waals surface area contributed by atoms with Crippen molar-refractivity contribution in [3.05, 3.63) is 0 Å². The quantitative estimate of drug-likeness (QED) is 0.837. The molecule has 21 heavy (non-hydrogen) atoms. The number of aromatic nitrogens is 3. The first-order chi connectivity index (χ1) is 10.1. The number of ether oxygens (including phenoxy) is 1. The normalized spacial score (nSPS) is 22.1. The van der Waals surface area contributed by atoms with Crippen molar-refractivity contribution in [2.45, 2.75) is 56.9 Å². The SMILES string of the molecule is CNc1nc(NC2CCCCC2SC)nc(OC(C)C)n1. The topological polar surface area (TPSA) is 72.0 Å². The molecule has 0 saturated heterocycles. The highest BCUT2D eigenvalue weighted by atomic mass is 32.2. The number of anilines is 2. The number of hydrogen-bond donors (Lipinski definition) is 2. The summed E-state index contributed by atoms with van der Waals surface area (Å²) in [7, 11) is 1.80. The van der Waals surface area contributed by atoms with Gasteiger partial charge in [0.05, 0.1) is 6.10 Å². The van der Waals surface area contributed by atoms with Crippen LogP contribution in [0.2, 0.25) is 0 Å². The molecule has 1 aliphatic rings. The van der Waals surface area contributed by atoms with Crippen molar-refractivity contribution in [1.82, 2.24) is 15.0 Å². The third kappa shape index (κ3) is 4.62. The number of thioether (sulfide) groups is 1. The summed E-state index contributed by atoms with van der Waals surface area (Å²) >= 11 is 1.92. The lowest BCUT2D eigenvalue weighted by atomic mass is 9.95. The van der Waals surface area contributed by atoms with Gasteiger partial charge in [-0.25, -0.2) is 0 Å². The first kappa shape index (κ1) is 16.1. The van der Waals surface area contributed by atoms with E-state index >= 15 is 0 Å². The third-order valence-electron chi connectivity index (χ3n) is 3.50. The van der Waals surface area contributed by atoms with Crippen LogP contribution in [-0.4, -0.2) is 45.7 Å². The highest BCUT2D eigenvalue weighted by molar-refractivity contribution is 7.99. The van der Waals surface area contributed by atoms with Crippen LogP contribution in [0.25, 0.3) is 0 Å². The van der Waals surface area contributed by atoms with E-state index in [9.17, 15) is 0 Å². The van der Waals surface area contributed by atoms with E-state index < -0.39 is 0 Å². The summed E-state index contributed by atoms with van der Waals surface area (Å²) in [6, 6.07) is 0.774. The molecule has 118 valence electrons. The second-order valence-electron chi connectivity index (χ2n) is 5.49. The second-order valence-corrected chi connectivity index (χ2v) is 6.57. The average molecular weight is 311 g/mol. The molecule has 6 nitrogen and oxygen atoms in total. The van der Waals surface area contributed by atoms with Crippen LogP contribution in [0, 0.1) is 0 Å².